The second kappa shape index (κ2) is 3.62. The third kappa shape index (κ3) is 1.82. The molecule has 0 spiro atoms. The molecule has 14 heavy (non-hydrogen) atoms. The van der Waals surface area contributed by atoms with Crippen molar-refractivity contribution in [2.24, 2.45) is 7.05 Å². The zero-order valence-corrected chi connectivity index (χ0v) is 8.02. The summed E-state index contributed by atoms with van der Waals surface area (Å²) in [6, 6.07) is 6.84. The minimum absolute atomic E-state index is 0.149. The lowest BCUT2D eigenvalue weighted by Gasteiger charge is -1.98. The van der Waals surface area contributed by atoms with Gasteiger partial charge in [-0.15, -0.1) is 0 Å². The number of aryl methyl sites for hydroxylation is 1. The number of imidazole rings is 1. The van der Waals surface area contributed by atoms with Gasteiger partial charge in [0.2, 0.25) is 6.33 Å². The van der Waals surface area contributed by atoms with Crippen LogP contribution in [-0.2, 0) is 13.6 Å². The topological polar surface area (TPSA) is 8.81 Å². The highest BCUT2D eigenvalue weighted by molar-refractivity contribution is 5.17. The lowest BCUT2D eigenvalue weighted by atomic mass is 10.2. The minimum atomic E-state index is -0.149. The normalized spacial score (nSPS) is 10.4. The third-order valence-electron chi connectivity index (χ3n) is 2.13. The molecule has 0 saturated heterocycles. The lowest BCUT2D eigenvalue weighted by molar-refractivity contribution is -0.671. The predicted molar refractivity (Wildman–Crippen MR) is 51.1 cm³/mol. The molecule has 0 bridgehead atoms. The molecule has 2 aromatic rings. The number of hydrogen-bond acceptors (Lipinski definition) is 0. The lowest BCUT2D eigenvalue weighted by Crippen LogP contribution is -2.23. The van der Waals surface area contributed by atoms with Gasteiger partial charge in [-0.1, -0.05) is 18.2 Å². The van der Waals surface area contributed by atoms with Crippen molar-refractivity contribution in [3.05, 3.63) is 54.4 Å². The smallest absolute Gasteiger partial charge is 0.240 e. The van der Waals surface area contributed by atoms with E-state index in [9.17, 15) is 4.39 Å². The van der Waals surface area contributed by atoms with E-state index in [-0.39, 0.29) is 5.82 Å². The Morgan fingerprint density at radius 3 is 2.79 bits per heavy atom. The van der Waals surface area contributed by atoms with Crippen molar-refractivity contribution in [3.63, 3.8) is 0 Å². The molecule has 0 aliphatic heterocycles. The molecule has 0 aliphatic rings. The molecule has 2 nitrogen and oxygen atoms in total. The van der Waals surface area contributed by atoms with Gasteiger partial charge in [0.25, 0.3) is 0 Å². The van der Waals surface area contributed by atoms with Gasteiger partial charge in [-0.25, -0.2) is 13.5 Å². The quantitative estimate of drug-likeness (QED) is 0.636. The maximum atomic E-state index is 13.3. The zero-order valence-electron chi connectivity index (χ0n) is 8.02. The van der Waals surface area contributed by atoms with Crippen LogP contribution in [0.4, 0.5) is 4.39 Å². The van der Waals surface area contributed by atoms with Gasteiger partial charge in [0, 0.05) is 5.56 Å². The molecule has 72 valence electrons. The fraction of sp³-hybridized carbons (Fsp3) is 0.182. The standard InChI is InChI=1S/C11H12FN2/c1-13-6-7-14(9-13)8-10-4-2-3-5-11(10)12/h2-7,9H,8H2,1H3/q+1. The Bertz CT molecular complexity index is 434. The van der Waals surface area contributed by atoms with Crippen LogP contribution >= 0.6 is 0 Å². The summed E-state index contributed by atoms with van der Waals surface area (Å²) in [5.41, 5.74) is 0.712. The van der Waals surface area contributed by atoms with Crippen LogP contribution in [0.3, 0.4) is 0 Å². The number of halogens is 1. The van der Waals surface area contributed by atoms with Crippen molar-refractivity contribution in [1.29, 1.82) is 0 Å². The van der Waals surface area contributed by atoms with Crippen LogP contribution in [0.2, 0.25) is 0 Å². The molecule has 0 saturated carbocycles. The Balaban J connectivity index is 2.23. The third-order valence-corrected chi connectivity index (χ3v) is 2.13. The van der Waals surface area contributed by atoms with E-state index in [0.29, 0.717) is 12.1 Å². The fourth-order valence-corrected chi connectivity index (χ4v) is 1.42. The molecule has 0 aliphatic carbocycles. The van der Waals surface area contributed by atoms with Gasteiger partial charge in [0.05, 0.1) is 7.05 Å². The maximum Gasteiger partial charge on any atom is 0.243 e. The summed E-state index contributed by atoms with van der Waals surface area (Å²) in [7, 11) is 1.94. The summed E-state index contributed by atoms with van der Waals surface area (Å²) in [4.78, 5) is 0. The number of benzene rings is 1. The van der Waals surface area contributed by atoms with E-state index in [1.807, 2.05) is 41.0 Å². The van der Waals surface area contributed by atoms with Crippen LogP contribution < -0.4 is 4.57 Å². The van der Waals surface area contributed by atoms with Gasteiger partial charge in [-0.05, 0) is 6.07 Å². The van der Waals surface area contributed by atoms with Crippen LogP contribution in [0.15, 0.2) is 43.0 Å². The van der Waals surface area contributed by atoms with Gasteiger partial charge in [-0.3, -0.25) is 0 Å². The van der Waals surface area contributed by atoms with Gasteiger partial charge >= 0.3 is 0 Å². The van der Waals surface area contributed by atoms with Gasteiger partial charge in [0.1, 0.15) is 24.8 Å². The first-order valence-electron chi connectivity index (χ1n) is 4.50. The molecular formula is C11H12FN2+. The monoisotopic (exact) mass is 191 g/mol. The highest BCUT2D eigenvalue weighted by atomic mass is 19.1. The van der Waals surface area contributed by atoms with E-state index >= 15 is 0 Å². The van der Waals surface area contributed by atoms with Crippen LogP contribution in [0, 0.1) is 5.82 Å². The second-order valence-electron chi connectivity index (χ2n) is 3.34. The molecule has 1 heterocycles. The van der Waals surface area contributed by atoms with Crippen molar-refractivity contribution in [1.82, 2.24) is 4.57 Å². The highest BCUT2D eigenvalue weighted by Crippen LogP contribution is 2.07. The fourth-order valence-electron chi connectivity index (χ4n) is 1.42. The molecule has 0 radical (unpaired) electrons. The van der Waals surface area contributed by atoms with Crippen LogP contribution in [0.5, 0.6) is 0 Å². The Morgan fingerprint density at radius 1 is 1.36 bits per heavy atom. The van der Waals surface area contributed by atoms with Crippen LogP contribution in [0.1, 0.15) is 5.56 Å². The number of hydrogen-bond donors (Lipinski definition) is 0. The van der Waals surface area contributed by atoms with E-state index in [1.165, 1.54) is 6.07 Å². The van der Waals surface area contributed by atoms with Gasteiger partial charge < -0.3 is 0 Å². The summed E-state index contributed by atoms with van der Waals surface area (Å²) in [6.45, 7) is 0.577. The van der Waals surface area contributed by atoms with E-state index in [4.69, 9.17) is 0 Å². The molecule has 0 fully saturated rings. The summed E-state index contributed by atoms with van der Waals surface area (Å²) < 4.78 is 17.1. The maximum absolute atomic E-state index is 13.3. The summed E-state index contributed by atoms with van der Waals surface area (Å²) in [5.74, 6) is -0.149. The van der Waals surface area contributed by atoms with Crippen molar-refractivity contribution in [2.75, 3.05) is 0 Å². The van der Waals surface area contributed by atoms with Gasteiger partial charge in [0.15, 0.2) is 0 Å². The second-order valence-corrected chi connectivity index (χ2v) is 3.34. The van der Waals surface area contributed by atoms with E-state index in [0.717, 1.165) is 0 Å². The van der Waals surface area contributed by atoms with Crippen molar-refractivity contribution in [3.8, 4) is 0 Å². The molecule has 2 rings (SSSR count). The first-order valence-corrected chi connectivity index (χ1v) is 4.50. The average Bonchev–Trinajstić information content (AvgIpc) is 2.56. The molecule has 0 N–H and O–H groups in total. The van der Waals surface area contributed by atoms with Gasteiger partial charge in [-0.2, -0.15) is 0 Å². The predicted octanol–water partition coefficient (Wildman–Crippen LogP) is 1.50. The summed E-state index contributed by atoms with van der Waals surface area (Å²) in [5, 5.41) is 0. The Kier molecular flexibility index (Phi) is 2.31. The Hall–Kier alpha value is -1.64. The number of rotatable bonds is 2. The summed E-state index contributed by atoms with van der Waals surface area (Å²) >= 11 is 0. The number of aromatic nitrogens is 2. The van der Waals surface area contributed by atoms with Crippen LogP contribution in [-0.4, -0.2) is 4.57 Å². The van der Waals surface area contributed by atoms with E-state index in [1.54, 1.807) is 12.1 Å². The zero-order chi connectivity index (χ0) is 9.97. The average molecular weight is 191 g/mol. The molecule has 0 atom stereocenters. The molecule has 0 unspecified atom stereocenters. The SMILES string of the molecule is C[n+]1ccn(Cc2ccccc2F)c1. The first-order chi connectivity index (χ1) is 6.75. The summed E-state index contributed by atoms with van der Waals surface area (Å²) in [6.07, 6.45) is 5.78. The Labute approximate surface area is 82.2 Å². The van der Waals surface area contributed by atoms with E-state index < -0.39 is 0 Å². The van der Waals surface area contributed by atoms with Crippen molar-refractivity contribution < 1.29 is 8.96 Å². The highest BCUT2D eigenvalue weighted by Gasteiger charge is 2.05. The first kappa shape index (κ1) is 8.94. The molecule has 3 heteroatoms. The number of nitrogens with zero attached hydrogens (tertiary/aromatic N) is 2. The van der Waals surface area contributed by atoms with Crippen molar-refractivity contribution in [2.45, 2.75) is 6.54 Å². The molecule has 1 aromatic carbocycles. The molecular weight excluding hydrogens is 179 g/mol. The molecule has 1 aromatic heterocycles. The minimum Gasteiger partial charge on any atom is -0.240 e. The molecule has 0 amide bonds. The Morgan fingerprint density at radius 2 is 2.14 bits per heavy atom. The van der Waals surface area contributed by atoms with Crippen molar-refractivity contribution >= 4 is 0 Å². The van der Waals surface area contributed by atoms with E-state index in [2.05, 4.69) is 0 Å². The van der Waals surface area contributed by atoms with Crippen LogP contribution in [0.25, 0.3) is 0 Å². The largest absolute Gasteiger partial charge is 0.243 e.